The number of pyridine rings is 1. The largest absolute Gasteiger partial charge is 0.493 e. The molecule has 0 saturated heterocycles. The first kappa shape index (κ1) is 33.7. The molecule has 12 heteroatoms. The van der Waals surface area contributed by atoms with Crippen molar-refractivity contribution in [2.24, 2.45) is 11.8 Å². The molecule has 0 bridgehead atoms. The van der Waals surface area contributed by atoms with Gasteiger partial charge in [-0.3, -0.25) is 0 Å². The predicted octanol–water partition coefficient (Wildman–Crippen LogP) is 7.76. The molecule has 1 atom stereocenters. The van der Waals surface area contributed by atoms with E-state index in [4.69, 9.17) is 42.1 Å². The number of nitrogens with one attached hydrogen (secondary N) is 1. The van der Waals surface area contributed by atoms with Crippen molar-refractivity contribution in [3.63, 3.8) is 0 Å². The number of aryl methyl sites for hydroxylation is 1. The molecule has 1 aromatic heterocycles. The van der Waals surface area contributed by atoms with Gasteiger partial charge in [-0.25, -0.2) is 14.6 Å². The number of hydrogen-bond donors (Lipinski definition) is 0. The summed E-state index contributed by atoms with van der Waals surface area (Å²) in [7, 11) is 0. The number of esters is 2. The zero-order chi connectivity index (χ0) is 33.0. The van der Waals surface area contributed by atoms with Crippen molar-refractivity contribution in [3.8, 4) is 17.2 Å². The first-order valence-corrected chi connectivity index (χ1v) is 15.9. The lowest BCUT2D eigenvalue weighted by Crippen LogP contribution is -2.39. The number of carbonyl (C=O) groups excluding carboxylic acids is 2. The number of aromatic nitrogens is 1. The van der Waals surface area contributed by atoms with Crippen LogP contribution < -0.4 is 19.2 Å². The Kier molecular flexibility index (Phi) is 10.6. The molecule has 8 nitrogen and oxygen atoms in total. The summed E-state index contributed by atoms with van der Waals surface area (Å²) in [6.07, 6.45) is 6.26. The zero-order valence-electron chi connectivity index (χ0n) is 25.7. The Morgan fingerprint density at radius 3 is 2.15 bits per heavy atom. The van der Waals surface area contributed by atoms with Crippen LogP contribution in [0.5, 0.6) is 17.2 Å². The van der Waals surface area contributed by atoms with E-state index in [1.807, 2.05) is 6.92 Å². The highest BCUT2D eigenvalue weighted by Gasteiger charge is 2.37. The van der Waals surface area contributed by atoms with E-state index in [0.29, 0.717) is 52.0 Å². The van der Waals surface area contributed by atoms with Crippen LogP contribution in [-0.4, -0.2) is 37.4 Å². The summed E-state index contributed by atoms with van der Waals surface area (Å²) in [4.78, 5) is 29.7. The summed E-state index contributed by atoms with van der Waals surface area (Å²) in [5, 5.41) is 0.586. The number of alkyl halides is 2. The number of H-pyrrole nitrogens is 1. The number of halogens is 4. The molecule has 1 unspecified atom stereocenters. The summed E-state index contributed by atoms with van der Waals surface area (Å²) >= 11 is 12.9. The smallest absolute Gasteiger partial charge is 0.387 e. The van der Waals surface area contributed by atoms with Crippen LogP contribution in [0.1, 0.15) is 72.7 Å². The SMILES string of the molecule is Cc1ccc(C(=O)OC(C)(C)C(=O)OC(Cc2c(Cl)c[nH+]cc2Cl)c2ccc(OC(F)F)c(OCC3CC3)c2)cc1OCC1CC1. The lowest BCUT2D eigenvalue weighted by atomic mass is 10.0. The number of ether oxygens (including phenoxy) is 5. The third kappa shape index (κ3) is 9.00. The molecule has 2 saturated carbocycles. The first-order chi connectivity index (χ1) is 21.9. The Morgan fingerprint density at radius 2 is 1.54 bits per heavy atom. The van der Waals surface area contributed by atoms with E-state index in [1.54, 1.807) is 18.2 Å². The number of rotatable bonds is 15. The molecule has 0 amide bonds. The van der Waals surface area contributed by atoms with E-state index in [-0.39, 0.29) is 23.5 Å². The van der Waals surface area contributed by atoms with E-state index in [0.717, 1.165) is 31.2 Å². The maximum atomic E-state index is 13.7. The highest BCUT2D eigenvalue weighted by atomic mass is 35.5. The van der Waals surface area contributed by atoms with Crippen molar-refractivity contribution >= 4 is 35.1 Å². The van der Waals surface area contributed by atoms with Gasteiger partial charge in [0.1, 0.15) is 21.9 Å². The van der Waals surface area contributed by atoms with Crippen molar-refractivity contribution in [2.75, 3.05) is 13.2 Å². The molecule has 5 rings (SSSR count). The topological polar surface area (TPSA) is 94.4 Å². The van der Waals surface area contributed by atoms with Gasteiger partial charge in [-0.2, -0.15) is 8.78 Å². The van der Waals surface area contributed by atoms with Gasteiger partial charge in [-0.05, 0) is 93.7 Å². The van der Waals surface area contributed by atoms with Gasteiger partial charge in [0.05, 0.1) is 18.8 Å². The average Bonchev–Trinajstić information content (AvgIpc) is 3.93. The molecule has 2 aliphatic carbocycles. The van der Waals surface area contributed by atoms with Gasteiger partial charge in [0.2, 0.25) is 5.60 Å². The molecule has 2 fully saturated rings. The minimum Gasteiger partial charge on any atom is -0.493 e. The Morgan fingerprint density at radius 1 is 0.913 bits per heavy atom. The lowest BCUT2D eigenvalue weighted by Gasteiger charge is -2.27. The second-order valence-electron chi connectivity index (χ2n) is 12.2. The van der Waals surface area contributed by atoms with Crippen molar-refractivity contribution in [3.05, 3.63) is 81.1 Å². The maximum Gasteiger partial charge on any atom is 0.387 e. The number of aromatic amines is 1. The van der Waals surface area contributed by atoms with Crippen molar-refractivity contribution in [1.29, 1.82) is 0 Å². The van der Waals surface area contributed by atoms with Crippen LogP contribution in [0.4, 0.5) is 8.78 Å². The van der Waals surface area contributed by atoms with Crippen LogP contribution in [0.25, 0.3) is 0 Å². The zero-order valence-corrected chi connectivity index (χ0v) is 27.3. The van der Waals surface area contributed by atoms with E-state index >= 15 is 0 Å². The van der Waals surface area contributed by atoms with Crippen molar-refractivity contribution in [1.82, 2.24) is 0 Å². The van der Waals surface area contributed by atoms with Gasteiger partial charge >= 0.3 is 18.6 Å². The van der Waals surface area contributed by atoms with Crippen molar-refractivity contribution < 1.29 is 47.0 Å². The third-order valence-electron chi connectivity index (χ3n) is 7.80. The molecule has 0 radical (unpaired) electrons. The maximum absolute atomic E-state index is 13.7. The lowest BCUT2D eigenvalue weighted by molar-refractivity contribution is -0.377. The minimum absolute atomic E-state index is 0.0128. The summed E-state index contributed by atoms with van der Waals surface area (Å²) in [5.41, 5.74) is 0.248. The fraction of sp³-hybridized carbons (Fsp3) is 0.441. The summed E-state index contributed by atoms with van der Waals surface area (Å²) in [6.45, 7) is 2.57. The quantitative estimate of drug-likeness (QED) is 0.152. The van der Waals surface area contributed by atoms with Gasteiger partial charge in [-0.1, -0.05) is 35.3 Å². The fourth-order valence-corrected chi connectivity index (χ4v) is 5.12. The van der Waals surface area contributed by atoms with Crippen molar-refractivity contribution in [2.45, 2.75) is 71.2 Å². The third-order valence-corrected chi connectivity index (χ3v) is 8.47. The Bertz CT molecular complexity index is 1560. The summed E-state index contributed by atoms with van der Waals surface area (Å²) < 4.78 is 54.4. The van der Waals surface area contributed by atoms with Crippen LogP contribution >= 0.6 is 23.2 Å². The standard InChI is InChI=1S/C34H35Cl2F2NO7/c1-19-4-9-23(13-28(19)42-17-20-5-6-20)31(40)46-34(2,3)32(41)44-29(14-24-25(35)15-39-16-26(24)36)22-10-11-27(45-33(37)38)30(12-22)43-18-21-7-8-21/h4,9-13,15-16,20-21,29,33H,5-8,14,17-18H2,1-3H3/p+1. The molecule has 2 aromatic carbocycles. The molecule has 1 N–H and O–H groups in total. The van der Waals surface area contributed by atoms with E-state index < -0.39 is 30.3 Å². The number of carbonyl (C=O) groups is 2. The van der Waals surface area contributed by atoms with Crippen LogP contribution in [-0.2, 0) is 20.7 Å². The molecule has 46 heavy (non-hydrogen) atoms. The van der Waals surface area contributed by atoms with Gasteiger partial charge < -0.3 is 23.7 Å². The Hall–Kier alpha value is -3.63. The highest BCUT2D eigenvalue weighted by Crippen LogP contribution is 2.38. The Balaban J connectivity index is 1.38. The fourth-order valence-electron chi connectivity index (χ4n) is 4.59. The molecule has 2 aliphatic rings. The normalized spacial score (nSPS) is 15.3. The molecular weight excluding hydrogens is 643 g/mol. The van der Waals surface area contributed by atoms with Crippen LogP contribution in [0.15, 0.2) is 48.8 Å². The van der Waals surface area contributed by atoms with Gasteiger partial charge in [0.25, 0.3) is 0 Å². The van der Waals surface area contributed by atoms with E-state index in [2.05, 4.69) is 9.72 Å². The summed E-state index contributed by atoms with van der Waals surface area (Å²) in [6, 6.07) is 9.28. The van der Waals surface area contributed by atoms with Crippen LogP contribution in [0.2, 0.25) is 10.0 Å². The predicted molar refractivity (Wildman–Crippen MR) is 166 cm³/mol. The molecular formula is C34H36Cl2F2NO7+. The number of hydrogen-bond acceptors (Lipinski definition) is 7. The Labute approximate surface area is 276 Å². The monoisotopic (exact) mass is 678 g/mol. The van der Waals surface area contributed by atoms with E-state index in [1.165, 1.54) is 44.4 Å². The number of benzene rings is 2. The molecule has 0 spiro atoms. The second-order valence-corrected chi connectivity index (χ2v) is 13.0. The minimum atomic E-state index is -3.06. The van der Waals surface area contributed by atoms with Crippen LogP contribution in [0, 0.1) is 18.8 Å². The van der Waals surface area contributed by atoms with E-state index in [9.17, 15) is 18.4 Å². The first-order valence-electron chi connectivity index (χ1n) is 15.1. The molecule has 246 valence electrons. The second kappa shape index (κ2) is 14.4. The average molecular weight is 680 g/mol. The molecule has 1 heterocycles. The van der Waals surface area contributed by atoms with Crippen LogP contribution in [0.3, 0.4) is 0 Å². The highest BCUT2D eigenvalue weighted by molar-refractivity contribution is 6.35. The molecule has 0 aliphatic heterocycles. The van der Waals surface area contributed by atoms with Gasteiger partial charge in [0.15, 0.2) is 23.9 Å². The molecule has 3 aromatic rings. The van der Waals surface area contributed by atoms with Gasteiger partial charge in [-0.15, -0.1) is 0 Å². The van der Waals surface area contributed by atoms with Gasteiger partial charge in [0, 0.05) is 12.0 Å². The summed E-state index contributed by atoms with van der Waals surface area (Å²) in [5.74, 6) is -0.217.